The molecule has 0 unspecified atom stereocenters. The summed E-state index contributed by atoms with van der Waals surface area (Å²) in [6.07, 6.45) is 2.28. The second kappa shape index (κ2) is 4.09. The molecule has 0 aromatic carbocycles. The van der Waals surface area contributed by atoms with Crippen LogP contribution in [0.3, 0.4) is 0 Å². The second-order valence-corrected chi connectivity index (χ2v) is 4.46. The van der Waals surface area contributed by atoms with Crippen molar-refractivity contribution >= 4 is 17.3 Å². The SMILES string of the molecule is CCc1nc(C(=O)O)c(-c2occc2C)s1. The zero-order valence-corrected chi connectivity index (χ0v) is 9.80. The van der Waals surface area contributed by atoms with Crippen molar-refractivity contribution < 1.29 is 14.3 Å². The van der Waals surface area contributed by atoms with Crippen LogP contribution in [0.4, 0.5) is 0 Å². The molecule has 0 aliphatic heterocycles. The van der Waals surface area contributed by atoms with Gasteiger partial charge in [-0.2, -0.15) is 0 Å². The van der Waals surface area contributed by atoms with Crippen molar-refractivity contribution in [3.63, 3.8) is 0 Å². The highest BCUT2D eigenvalue weighted by atomic mass is 32.1. The third kappa shape index (κ3) is 1.74. The van der Waals surface area contributed by atoms with Gasteiger partial charge in [0.05, 0.1) is 11.3 Å². The monoisotopic (exact) mass is 237 g/mol. The van der Waals surface area contributed by atoms with Gasteiger partial charge in [0.15, 0.2) is 5.69 Å². The van der Waals surface area contributed by atoms with E-state index in [0.717, 1.165) is 17.0 Å². The summed E-state index contributed by atoms with van der Waals surface area (Å²) < 4.78 is 5.31. The third-order valence-corrected chi connectivity index (χ3v) is 3.44. The van der Waals surface area contributed by atoms with Crippen LogP contribution in [0, 0.1) is 6.92 Å². The number of furan rings is 1. The lowest BCUT2D eigenvalue weighted by atomic mass is 10.2. The quantitative estimate of drug-likeness (QED) is 0.891. The average molecular weight is 237 g/mol. The number of carbonyl (C=O) groups is 1. The standard InChI is InChI=1S/C11H11NO3S/c1-3-7-12-8(11(13)14)10(16-7)9-6(2)4-5-15-9/h4-5H,3H2,1-2H3,(H,13,14). The first-order chi connectivity index (χ1) is 7.63. The minimum absolute atomic E-state index is 0.0832. The van der Waals surface area contributed by atoms with E-state index in [1.54, 1.807) is 6.26 Å². The van der Waals surface area contributed by atoms with Gasteiger partial charge in [-0.15, -0.1) is 11.3 Å². The van der Waals surface area contributed by atoms with E-state index in [4.69, 9.17) is 9.52 Å². The Morgan fingerprint density at radius 3 is 2.88 bits per heavy atom. The molecule has 0 fully saturated rings. The molecule has 5 heteroatoms. The van der Waals surface area contributed by atoms with Crippen LogP contribution in [0.15, 0.2) is 16.7 Å². The molecule has 0 radical (unpaired) electrons. The number of thiazole rings is 1. The maximum absolute atomic E-state index is 11.1. The van der Waals surface area contributed by atoms with Crippen molar-refractivity contribution in [3.8, 4) is 10.6 Å². The Morgan fingerprint density at radius 1 is 1.62 bits per heavy atom. The molecular formula is C11H11NO3S. The lowest BCUT2D eigenvalue weighted by molar-refractivity contribution is 0.0692. The summed E-state index contributed by atoms with van der Waals surface area (Å²) in [7, 11) is 0. The van der Waals surface area contributed by atoms with Crippen molar-refractivity contribution in [3.05, 3.63) is 28.6 Å². The van der Waals surface area contributed by atoms with E-state index < -0.39 is 5.97 Å². The van der Waals surface area contributed by atoms with Gasteiger partial charge in [-0.1, -0.05) is 6.92 Å². The zero-order chi connectivity index (χ0) is 11.7. The predicted molar refractivity (Wildman–Crippen MR) is 60.9 cm³/mol. The van der Waals surface area contributed by atoms with Crippen molar-refractivity contribution in [2.45, 2.75) is 20.3 Å². The van der Waals surface area contributed by atoms with Gasteiger partial charge in [-0.3, -0.25) is 0 Å². The summed E-state index contributed by atoms with van der Waals surface area (Å²) in [5, 5.41) is 9.88. The maximum atomic E-state index is 11.1. The Balaban J connectivity index is 2.59. The van der Waals surface area contributed by atoms with E-state index >= 15 is 0 Å². The smallest absolute Gasteiger partial charge is 0.356 e. The fourth-order valence-electron chi connectivity index (χ4n) is 1.42. The molecule has 2 aromatic rings. The fourth-order valence-corrected chi connectivity index (χ4v) is 2.47. The number of aromatic nitrogens is 1. The van der Waals surface area contributed by atoms with Gasteiger partial charge in [0.1, 0.15) is 10.6 Å². The Labute approximate surface area is 96.6 Å². The van der Waals surface area contributed by atoms with E-state index in [1.165, 1.54) is 11.3 Å². The number of carboxylic acids is 1. The zero-order valence-electron chi connectivity index (χ0n) is 8.98. The summed E-state index contributed by atoms with van der Waals surface area (Å²) in [5.74, 6) is -0.406. The molecule has 0 aliphatic rings. The van der Waals surface area contributed by atoms with Gasteiger partial charge < -0.3 is 9.52 Å². The van der Waals surface area contributed by atoms with Gasteiger partial charge in [0, 0.05) is 0 Å². The minimum Gasteiger partial charge on any atom is -0.476 e. The molecule has 4 nitrogen and oxygen atoms in total. The Bertz CT molecular complexity index is 527. The molecule has 0 spiro atoms. The first kappa shape index (κ1) is 10.9. The van der Waals surface area contributed by atoms with Crippen LogP contribution in [0.5, 0.6) is 0 Å². The number of hydrogen-bond donors (Lipinski definition) is 1. The third-order valence-electron chi connectivity index (χ3n) is 2.24. The molecule has 1 N–H and O–H groups in total. The van der Waals surface area contributed by atoms with Crippen LogP contribution >= 0.6 is 11.3 Å². The van der Waals surface area contributed by atoms with Gasteiger partial charge >= 0.3 is 5.97 Å². The number of aryl methyl sites for hydroxylation is 2. The van der Waals surface area contributed by atoms with Crippen LogP contribution < -0.4 is 0 Å². The molecule has 0 amide bonds. The van der Waals surface area contributed by atoms with Crippen molar-refractivity contribution in [1.29, 1.82) is 0 Å². The van der Waals surface area contributed by atoms with Crippen LogP contribution in [0.1, 0.15) is 28.0 Å². The van der Waals surface area contributed by atoms with Crippen molar-refractivity contribution in [2.24, 2.45) is 0 Å². The summed E-state index contributed by atoms with van der Waals surface area (Å²) >= 11 is 1.37. The second-order valence-electron chi connectivity index (χ2n) is 3.38. The number of rotatable bonds is 3. The molecular weight excluding hydrogens is 226 g/mol. The first-order valence-electron chi connectivity index (χ1n) is 4.91. The fraction of sp³-hybridized carbons (Fsp3) is 0.273. The summed E-state index contributed by atoms with van der Waals surface area (Å²) in [4.78, 5) is 15.7. The first-order valence-corrected chi connectivity index (χ1v) is 5.72. The highest BCUT2D eigenvalue weighted by Gasteiger charge is 2.21. The van der Waals surface area contributed by atoms with Crippen LogP contribution in [0.2, 0.25) is 0 Å². The average Bonchev–Trinajstić information content (AvgIpc) is 2.82. The van der Waals surface area contributed by atoms with Crippen LogP contribution in [-0.4, -0.2) is 16.1 Å². The van der Waals surface area contributed by atoms with E-state index in [-0.39, 0.29) is 5.69 Å². The molecule has 0 atom stereocenters. The van der Waals surface area contributed by atoms with Gasteiger partial charge in [-0.25, -0.2) is 9.78 Å². The van der Waals surface area contributed by atoms with Gasteiger partial charge in [0.25, 0.3) is 0 Å². The highest BCUT2D eigenvalue weighted by Crippen LogP contribution is 2.33. The Morgan fingerprint density at radius 2 is 2.38 bits per heavy atom. The van der Waals surface area contributed by atoms with Crippen LogP contribution in [-0.2, 0) is 6.42 Å². The Kier molecular flexibility index (Phi) is 2.78. The van der Waals surface area contributed by atoms with Crippen LogP contribution in [0.25, 0.3) is 10.6 Å². The number of nitrogens with zero attached hydrogens (tertiary/aromatic N) is 1. The molecule has 0 aliphatic carbocycles. The number of aromatic carboxylic acids is 1. The molecule has 84 valence electrons. The largest absolute Gasteiger partial charge is 0.476 e. The van der Waals surface area contributed by atoms with Gasteiger partial charge in [0.2, 0.25) is 0 Å². The van der Waals surface area contributed by atoms with E-state index in [0.29, 0.717) is 10.6 Å². The molecule has 0 bridgehead atoms. The number of hydrogen-bond acceptors (Lipinski definition) is 4. The predicted octanol–water partition coefficient (Wildman–Crippen LogP) is 2.97. The summed E-state index contributed by atoms with van der Waals surface area (Å²) in [6.45, 7) is 3.83. The summed E-state index contributed by atoms with van der Waals surface area (Å²) in [5.41, 5.74) is 1.01. The molecule has 0 saturated heterocycles. The lowest BCUT2D eigenvalue weighted by Crippen LogP contribution is -1.99. The maximum Gasteiger partial charge on any atom is 0.356 e. The van der Waals surface area contributed by atoms with Crippen molar-refractivity contribution in [1.82, 2.24) is 4.98 Å². The highest BCUT2D eigenvalue weighted by molar-refractivity contribution is 7.15. The van der Waals surface area contributed by atoms with E-state index in [2.05, 4.69) is 4.98 Å². The lowest BCUT2D eigenvalue weighted by Gasteiger charge is -1.95. The normalized spacial score (nSPS) is 10.6. The Hall–Kier alpha value is -1.62. The summed E-state index contributed by atoms with van der Waals surface area (Å²) in [6, 6.07) is 1.81. The molecule has 2 rings (SSSR count). The van der Waals surface area contributed by atoms with Gasteiger partial charge in [-0.05, 0) is 25.0 Å². The van der Waals surface area contributed by atoms with E-state index in [9.17, 15) is 4.79 Å². The molecule has 2 heterocycles. The minimum atomic E-state index is -1.01. The van der Waals surface area contributed by atoms with Crippen molar-refractivity contribution in [2.75, 3.05) is 0 Å². The molecule has 0 saturated carbocycles. The topological polar surface area (TPSA) is 63.3 Å². The van der Waals surface area contributed by atoms with E-state index in [1.807, 2.05) is 19.9 Å². The molecule has 16 heavy (non-hydrogen) atoms. The number of carboxylic acid groups (broad SMARTS) is 1. The molecule has 2 aromatic heterocycles.